The van der Waals surface area contributed by atoms with E-state index in [-0.39, 0.29) is 10.6 Å². The van der Waals surface area contributed by atoms with Crippen LogP contribution >= 0.6 is 0 Å². The molecule has 1 N–H and O–H groups in total. The fraction of sp³-hybridized carbons (Fsp3) is 0.625. The first-order chi connectivity index (χ1) is 10.2. The Morgan fingerprint density at radius 2 is 2.14 bits per heavy atom. The summed E-state index contributed by atoms with van der Waals surface area (Å²) in [6.45, 7) is 3.90. The van der Waals surface area contributed by atoms with Gasteiger partial charge in [-0.25, -0.2) is 0 Å². The van der Waals surface area contributed by atoms with Gasteiger partial charge in [-0.3, -0.25) is 10.1 Å². The van der Waals surface area contributed by atoms with Crippen LogP contribution in [0.4, 0.5) is 11.4 Å². The lowest BCUT2D eigenvalue weighted by Crippen LogP contribution is -2.50. The van der Waals surface area contributed by atoms with E-state index in [1.54, 1.807) is 6.07 Å². The average Bonchev–Trinajstić information content (AvgIpc) is 3.01. The quantitative estimate of drug-likeness (QED) is 0.686. The number of piperidine rings is 1. The first-order valence-electron chi connectivity index (χ1n) is 7.92. The molecule has 21 heavy (non-hydrogen) atoms. The largest absolute Gasteiger partial charge is 0.361 e. The SMILES string of the molecule is Cc1ccc(N2CCCCC2C2CCCN2)c([N+](=O)[O-])c1. The van der Waals surface area contributed by atoms with Gasteiger partial charge in [0, 0.05) is 24.7 Å². The molecule has 1 aromatic rings. The highest BCUT2D eigenvalue weighted by atomic mass is 16.6. The van der Waals surface area contributed by atoms with Gasteiger partial charge in [0.25, 0.3) is 5.69 Å². The maximum atomic E-state index is 11.4. The topological polar surface area (TPSA) is 58.4 Å². The number of nitrogens with zero attached hydrogens (tertiary/aromatic N) is 2. The van der Waals surface area contributed by atoms with Gasteiger partial charge in [0.15, 0.2) is 0 Å². The fourth-order valence-electron chi connectivity index (χ4n) is 3.74. The highest BCUT2D eigenvalue weighted by Crippen LogP contribution is 2.35. The van der Waals surface area contributed by atoms with Gasteiger partial charge in [0.1, 0.15) is 5.69 Å². The molecule has 1 aromatic carbocycles. The van der Waals surface area contributed by atoms with Gasteiger partial charge in [0.2, 0.25) is 0 Å². The van der Waals surface area contributed by atoms with Gasteiger partial charge in [-0.2, -0.15) is 0 Å². The maximum absolute atomic E-state index is 11.4. The summed E-state index contributed by atoms with van der Waals surface area (Å²) in [4.78, 5) is 13.4. The molecular weight excluding hydrogens is 266 g/mol. The minimum atomic E-state index is -0.240. The second-order valence-electron chi connectivity index (χ2n) is 6.21. The molecule has 0 amide bonds. The second kappa shape index (κ2) is 6.02. The number of aryl methyl sites for hydroxylation is 1. The van der Waals surface area contributed by atoms with Crippen LogP contribution in [-0.2, 0) is 0 Å². The Kier molecular flexibility index (Phi) is 4.10. The van der Waals surface area contributed by atoms with Crippen molar-refractivity contribution in [1.82, 2.24) is 5.32 Å². The van der Waals surface area contributed by atoms with Crippen molar-refractivity contribution in [2.75, 3.05) is 18.0 Å². The summed E-state index contributed by atoms with van der Waals surface area (Å²) in [5.74, 6) is 0. The molecule has 0 saturated carbocycles. The Bertz CT molecular complexity index is 526. The number of nitro groups is 1. The Labute approximate surface area is 125 Å². The van der Waals surface area contributed by atoms with Crippen molar-refractivity contribution in [3.05, 3.63) is 33.9 Å². The van der Waals surface area contributed by atoms with E-state index in [1.165, 1.54) is 19.3 Å². The number of hydrogen-bond donors (Lipinski definition) is 1. The van der Waals surface area contributed by atoms with Crippen molar-refractivity contribution in [1.29, 1.82) is 0 Å². The molecule has 2 atom stereocenters. The van der Waals surface area contributed by atoms with Crippen LogP contribution < -0.4 is 10.2 Å². The lowest BCUT2D eigenvalue weighted by atomic mass is 9.93. The smallest absolute Gasteiger partial charge is 0.292 e. The van der Waals surface area contributed by atoms with Gasteiger partial charge < -0.3 is 10.2 Å². The van der Waals surface area contributed by atoms with Crippen molar-refractivity contribution in [3.63, 3.8) is 0 Å². The summed E-state index contributed by atoms with van der Waals surface area (Å²) in [5.41, 5.74) is 1.99. The van der Waals surface area contributed by atoms with Gasteiger partial charge in [-0.15, -0.1) is 0 Å². The lowest BCUT2D eigenvalue weighted by molar-refractivity contribution is -0.384. The molecule has 2 fully saturated rings. The molecule has 0 aromatic heterocycles. The average molecular weight is 289 g/mol. The summed E-state index contributed by atoms with van der Waals surface area (Å²) < 4.78 is 0. The first-order valence-corrected chi connectivity index (χ1v) is 7.92. The molecule has 0 bridgehead atoms. The third kappa shape index (κ3) is 2.88. The molecule has 5 heteroatoms. The van der Waals surface area contributed by atoms with Gasteiger partial charge in [-0.05, 0) is 57.2 Å². The van der Waals surface area contributed by atoms with Crippen LogP contribution in [0.25, 0.3) is 0 Å². The highest BCUT2D eigenvalue weighted by Gasteiger charge is 2.34. The fourth-order valence-corrected chi connectivity index (χ4v) is 3.74. The zero-order chi connectivity index (χ0) is 14.8. The van der Waals surface area contributed by atoms with Gasteiger partial charge in [-0.1, -0.05) is 6.07 Å². The van der Waals surface area contributed by atoms with E-state index in [4.69, 9.17) is 0 Å². The molecular formula is C16H23N3O2. The first kappa shape index (κ1) is 14.3. The summed E-state index contributed by atoms with van der Waals surface area (Å²) >= 11 is 0. The Hall–Kier alpha value is -1.62. The van der Waals surface area contributed by atoms with E-state index in [1.807, 2.05) is 19.1 Å². The molecule has 0 aliphatic carbocycles. The highest BCUT2D eigenvalue weighted by molar-refractivity contribution is 5.65. The van der Waals surface area contributed by atoms with Crippen LogP contribution in [0, 0.1) is 17.0 Å². The van der Waals surface area contributed by atoms with Crippen LogP contribution in [-0.4, -0.2) is 30.1 Å². The lowest BCUT2D eigenvalue weighted by Gasteiger charge is -2.40. The summed E-state index contributed by atoms with van der Waals surface area (Å²) in [6.07, 6.45) is 5.86. The zero-order valence-electron chi connectivity index (χ0n) is 12.5. The standard InChI is InChI=1S/C16H23N3O2/c1-12-7-8-15(16(11-12)19(20)21)18-10-3-2-6-14(18)13-5-4-9-17-13/h7-8,11,13-14,17H,2-6,9-10H2,1H3. The number of rotatable bonds is 3. The third-order valence-electron chi connectivity index (χ3n) is 4.75. The van der Waals surface area contributed by atoms with E-state index >= 15 is 0 Å². The normalized spacial score (nSPS) is 26.0. The second-order valence-corrected chi connectivity index (χ2v) is 6.21. The minimum absolute atomic E-state index is 0.240. The Balaban J connectivity index is 1.94. The molecule has 5 nitrogen and oxygen atoms in total. The van der Waals surface area contributed by atoms with Crippen molar-refractivity contribution in [3.8, 4) is 0 Å². The molecule has 2 aliphatic rings. The van der Waals surface area contributed by atoms with Crippen molar-refractivity contribution >= 4 is 11.4 Å². The maximum Gasteiger partial charge on any atom is 0.292 e. The number of nitrogens with one attached hydrogen (secondary N) is 1. The monoisotopic (exact) mass is 289 g/mol. The number of nitro benzene ring substituents is 1. The van der Waals surface area contributed by atoms with E-state index < -0.39 is 0 Å². The summed E-state index contributed by atoms with van der Waals surface area (Å²) in [7, 11) is 0. The van der Waals surface area contributed by atoms with Crippen LogP contribution in [0.3, 0.4) is 0 Å². The van der Waals surface area contributed by atoms with Crippen molar-refractivity contribution < 1.29 is 4.92 Å². The predicted molar refractivity (Wildman–Crippen MR) is 83.8 cm³/mol. The van der Waals surface area contributed by atoms with Crippen molar-refractivity contribution in [2.45, 2.75) is 51.1 Å². The molecule has 0 spiro atoms. The Morgan fingerprint density at radius 1 is 1.29 bits per heavy atom. The van der Waals surface area contributed by atoms with Gasteiger partial charge >= 0.3 is 0 Å². The van der Waals surface area contributed by atoms with E-state index in [9.17, 15) is 10.1 Å². The van der Waals surface area contributed by atoms with Crippen LogP contribution in [0.1, 0.15) is 37.7 Å². The number of hydrogen-bond acceptors (Lipinski definition) is 4. The molecule has 2 heterocycles. The molecule has 0 radical (unpaired) electrons. The number of anilines is 1. The molecule has 2 saturated heterocycles. The van der Waals surface area contributed by atoms with E-state index in [0.29, 0.717) is 12.1 Å². The zero-order valence-corrected chi connectivity index (χ0v) is 12.5. The van der Waals surface area contributed by atoms with Crippen molar-refractivity contribution in [2.24, 2.45) is 0 Å². The van der Waals surface area contributed by atoms with Crippen LogP contribution in [0.5, 0.6) is 0 Å². The molecule has 2 unspecified atom stereocenters. The summed E-state index contributed by atoms with van der Waals surface area (Å²) in [6, 6.07) is 6.48. The number of benzene rings is 1. The minimum Gasteiger partial charge on any atom is -0.361 e. The third-order valence-corrected chi connectivity index (χ3v) is 4.75. The van der Waals surface area contributed by atoms with Crippen LogP contribution in [0.15, 0.2) is 18.2 Å². The van der Waals surface area contributed by atoms with E-state index in [2.05, 4.69) is 10.2 Å². The molecule has 2 aliphatic heterocycles. The predicted octanol–water partition coefficient (Wildman–Crippen LogP) is 3.01. The summed E-state index contributed by atoms with van der Waals surface area (Å²) in [5, 5.41) is 15.0. The van der Waals surface area contributed by atoms with Crippen LogP contribution in [0.2, 0.25) is 0 Å². The molecule has 3 rings (SSSR count). The Morgan fingerprint density at radius 3 is 2.86 bits per heavy atom. The van der Waals surface area contributed by atoms with E-state index in [0.717, 1.165) is 37.2 Å². The van der Waals surface area contributed by atoms with Gasteiger partial charge in [0.05, 0.1) is 4.92 Å². The molecule has 114 valence electrons.